The highest BCUT2D eigenvalue weighted by Gasteiger charge is 2.31. The molecule has 50 heavy (non-hydrogen) atoms. The monoisotopic (exact) mass is 695 g/mol. The van der Waals surface area contributed by atoms with Crippen molar-refractivity contribution in [3.63, 3.8) is 0 Å². The lowest BCUT2D eigenvalue weighted by Gasteiger charge is -2.35. The van der Waals surface area contributed by atoms with E-state index in [2.05, 4.69) is 16.0 Å². The Morgan fingerprint density at radius 3 is 2.40 bits per heavy atom. The van der Waals surface area contributed by atoms with E-state index in [0.29, 0.717) is 40.8 Å². The molecule has 0 bridgehead atoms. The summed E-state index contributed by atoms with van der Waals surface area (Å²) < 4.78 is 23.5. The van der Waals surface area contributed by atoms with E-state index in [1.807, 2.05) is 13.8 Å². The van der Waals surface area contributed by atoms with Crippen LogP contribution in [-0.4, -0.2) is 97.3 Å². The van der Waals surface area contributed by atoms with Crippen LogP contribution in [0.4, 0.5) is 21.0 Å². The molecule has 2 heterocycles. The number of amides is 5. The first kappa shape index (κ1) is 37.0. The first-order valence-corrected chi connectivity index (χ1v) is 17.9. The molecule has 4 atom stereocenters. The molecule has 0 saturated heterocycles. The van der Waals surface area contributed by atoms with Gasteiger partial charge in [-0.05, 0) is 76.3 Å². The van der Waals surface area contributed by atoms with Gasteiger partial charge in [0.2, 0.25) is 6.79 Å². The van der Waals surface area contributed by atoms with Gasteiger partial charge in [0.05, 0.1) is 30.4 Å². The fraction of sp³-hybridized carbons (Fsp3) is 0.595. The first-order valence-electron chi connectivity index (χ1n) is 17.9. The van der Waals surface area contributed by atoms with Gasteiger partial charge in [0, 0.05) is 56.1 Å². The van der Waals surface area contributed by atoms with Gasteiger partial charge < -0.3 is 49.8 Å². The van der Waals surface area contributed by atoms with E-state index in [-0.39, 0.29) is 62.5 Å². The van der Waals surface area contributed by atoms with Crippen LogP contribution in [0.5, 0.6) is 17.2 Å². The van der Waals surface area contributed by atoms with E-state index in [0.717, 1.165) is 44.9 Å². The van der Waals surface area contributed by atoms with Crippen LogP contribution in [0.25, 0.3) is 0 Å². The Morgan fingerprint density at radius 2 is 1.64 bits per heavy atom. The van der Waals surface area contributed by atoms with Gasteiger partial charge in [0.1, 0.15) is 5.75 Å². The Hall–Kier alpha value is -4.23. The number of carbonyl (C=O) groups excluding carboxylic acids is 3. The standard InChI is InChI=1S/C37H53N5O8/c1-24-20-42(25(2)22-43)35(44)30-18-28(39-36(45)38-27-11-6-5-7-12-27)13-15-31(30)50-26(3)10-8-9-17-47-34(24)21-41(4)37(46)40-29-14-16-32-33(19-29)49-23-48-32/h13-16,18-19,24-27,34,43H,5-12,17,20-23H2,1-4H3,(H,40,46)(H2,38,39,45)/t24-,25-,26+,34+/m1/s1. The molecule has 2 aliphatic heterocycles. The van der Waals surface area contributed by atoms with Crippen LogP contribution in [-0.2, 0) is 4.74 Å². The van der Waals surface area contributed by atoms with E-state index in [1.54, 1.807) is 60.2 Å². The summed E-state index contributed by atoms with van der Waals surface area (Å²) in [5.74, 6) is 1.08. The lowest BCUT2D eigenvalue weighted by atomic mass is 9.96. The second kappa shape index (κ2) is 17.6. The van der Waals surface area contributed by atoms with Crippen LogP contribution in [0.1, 0.15) is 82.5 Å². The van der Waals surface area contributed by atoms with Crippen molar-refractivity contribution < 1.29 is 38.4 Å². The van der Waals surface area contributed by atoms with Gasteiger partial charge in [-0.25, -0.2) is 9.59 Å². The predicted molar refractivity (Wildman–Crippen MR) is 190 cm³/mol. The Kier molecular flexibility index (Phi) is 13.1. The van der Waals surface area contributed by atoms with Gasteiger partial charge in [-0.2, -0.15) is 0 Å². The molecule has 0 radical (unpaired) electrons. The molecule has 3 aliphatic rings. The van der Waals surface area contributed by atoms with Crippen molar-refractivity contribution in [3.8, 4) is 17.2 Å². The highest BCUT2D eigenvalue weighted by molar-refractivity contribution is 5.99. The summed E-state index contributed by atoms with van der Waals surface area (Å²) in [6, 6.07) is 9.36. The molecule has 2 aromatic carbocycles. The Morgan fingerprint density at radius 1 is 0.940 bits per heavy atom. The molecule has 1 fully saturated rings. The molecule has 0 spiro atoms. The number of fused-ring (bicyclic) bond motifs is 2. The molecule has 1 aliphatic carbocycles. The molecule has 5 amide bonds. The van der Waals surface area contributed by atoms with Crippen LogP contribution in [0.3, 0.4) is 0 Å². The van der Waals surface area contributed by atoms with E-state index in [4.69, 9.17) is 18.9 Å². The summed E-state index contributed by atoms with van der Waals surface area (Å²) in [5, 5.41) is 19.1. The summed E-state index contributed by atoms with van der Waals surface area (Å²) >= 11 is 0. The number of urea groups is 2. The van der Waals surface area contributed by atoms with E-state index < -0.39 is 12.1 Å². The molecular formula is C37H53N5O8. The average Bonchev–Trinajstić information content (AvgIpc) is 3.58. The minimum atomic E-state index is -0.526. The fourth-order valence-electron chi connectivity index (χ4n) is 6.61. The van der Waals surface area contributed by atoms with Crippen molar-refractivity contribution >= 4 is 29.3 Å². The third kappa shape index (κ3) is 9.94. The number of ether oxygens (including phenoxy) is 4. The van der Waals surface area contributed by atoms with Gasteiger partial charge in [0.15, 0.2) is 11.5 Å². The molecule has 13 nitrogen and oxygen atoms in total. The van der Waals surface area contributed by atoms with E-state index in [9.17, 15) is 19.5 Å². The summed E-state index contributed by atoms with van der Waals surface area (Å²) in [6.07, 6.45) is 7.11. The first-order chi connectivity index (χ1) is 24.1. The SMILES string of the molecule is C[C@@H]1CN([C@H](C)CO)C(=O)c2cc(NC(=O)NC3CCCCC3)ccc2O[C@@H](C)CCCCO[C@H]1CN(C)C(=O)Nc1ccc2c(c1)OCO2. The molecular weight excluding hydrogens is 642 g/mol. The van der Waals surface area contributed by atoms with Crippen molar-refractivity contribution in [1.82, 2.24) is 15.1 Å². The number of rotatable bonds is 7. The Balaban J connectivity index is 1.33. The molecule has 1 saturated carbocycles. The predicted octanol–water partition coefficient (Wildman–Crippen LogP) is 5.83. The normalized spacial score (nSPS) is 22.4. The van der Waals surface area contributed by atoms with Crippen LogP contribution >= 0.6 is 0 Å². The zero-order valence-corrected chi connectivity index (χ0v) is 29.7. The number of hydrogen-bond acceptors (Lipinski definition) is 8. The summed E-state index contributed by atoms with van der Waals surface area (Å²) in [4.78, 5) is 43.8. The second-order valence-electron chi connectivity index (χ2n) is 13.8. The third-order valence-corrected chi connectivity index (χ3v) is 9.67. The quantitative estimate of drug-likeness (QED) is 0.283. The zero-order chi connectivity index (χ0) is 35.6. The number of aliphatic hydroxyl groups excluding tert-OH is 1. The number of carbonyl (C=O) groups is 3. The van der Waals surface area contributed by atoms with E-state index >= 15 is 0 Å². The number of anilines is 2. The number of benzene rings is 2. The minimum absolute atomic E-state index is 0.137. The zero-order valence-electron chi connectivity index (χ0n) is 29.7. The van der Waals surface area contributed by atoms with Gasteiger partial charge in [0.25, 0.3) is 5.91 Å². The lowest BCUT2D eigenvalue weighted by molar-refractivity contribution is -0.0115. The van der Waals surface area contributed by atoms with E-state index in [1.165, 1.54) is 6.42 Å². The minimum Gasteiger partial charge on any atom is -0.490 e. The summed E-state index contributed by atoms with van der Waals surface area (Å²) in [5.41, 5.74) is 1.35. The number of nitrogens with one attached hydrogen (secondary N) is 3. The van der Waals surface area contributed by atoms with Gasteiger partial charge in [-0.3, -0.25) is 4.79 Å². The van der Waals surface area contributed by atoms with Crippen LogP contribution in [0.2, 0.25) is 0 Å². The highest BCUT2D eigenvalue weighted by atomic mass is 16.7. The van der Waals surface area contributed by atoms with Crippen molar-refractivity contribution in [2.45, 2.75) is 96.4 Å². The van der Waals surface area contributed by atoms with Crippen molar-refractivity contribution in [1.29, 1.82) is 0 Å². The third-order valence-electron chi connectivity index (χ3n) is 9.67. The Bertz CT molecular complexity index is 1470. The number of nitrogens with zero attached hydrogens (tertiary/aromatic N) is 2. The molecule has 2 aromatic rings. The smallest absolute Gasteiger partial charge is 0.321 e. The Labute approximate surface area is 294 Å². The molecule has 0 unspecified atom stereocenters. The number of likely N-dealkylation sites (N-methyl/N-ethyl adjacent to an activating group) is 1. The largest absolute Gasteiger partial charge is 0.490 e. The van der Waals surface area contributed by atoms with Crippen molar-refractivity contribution in [2.24, 2.45) is 5.92 Å². The molecule has 274 valence electrons. The van der Waals surface area contributed by atoms with Crippen LogP contribution in [0, 0.1) is 5.92 Å². The maximum absolute atomic E-state index is 14.4. The molecule has 4 N–H and O–H groups in total. The van der Waals surface area contributed by atoms with Crippen LogP contribution < -0.4 is 30.2 Å². The van der Waals surface area contributed by atoms with Gasteiger partial charge >= 0.3 is 12.1 Å². The van der Waals surface area contributed by atoms with Gasteiger partial charge in [-0.15, -0.1) is 0 Å². The fourth-order valence-corrected chi connectivity index (χ4v) is 6.61. The average molecular weight is 696 g/mol. The summed E-state index contributed by atoms with van der Waals surface area (Å²) in [6.45, 7) is 6.63. The molecule has 5 rings (SSSR count). The maximum Gasteiger partial charge on any atom is 0.321 e. The van der Waals surface area contributed by atoms with Crippen LogP contribution in [0.15, 0.2) is 36.4 Å². The molecule has 0 aromatic heterocycles. The van der Waals surface area contributed by atoms with Crippen molar-refractivity contribution in [2.75, 3.05) is 50.8 Å². The maximum atomic E-state index is 14.4. The number of hydrogen-bond donors (Lipinski definition) is 4. The highest BCUT2D eigenvalue weighted by Crippen LogP contribution is 2.34. The topological polar surface area (TPSA) is 151 Å². The summed E-state index contributed by atoms with van der Waals surface area (Å²) in [7, 11) is 1.71. The molecule has 13 heteroatoms. The van der Waals surface area contributed by atoms with Gasteiger partial charge in [-0.1, -0.05) is 26.2 Å². The van der Waals surface area contributed by atoms with Crippen molar-refractivity contribution in [3.05, 3.63) is 42.0 Å². The number of aliphatic hydroxyl groups is 1. The lowest BCUT2D eigenvalue weighted by Crippen LogP contribution is -2.48. The second-order valence-corrected chi connectivity index (χ2v) is 13.8.